The quantitative estimate of drug-likeness (QED) is 0.694. The van der Waals surface area contributed by atoms with Gasteiger partial charge >= 0.3 is 12.6 Å². The molecule has 0 fully saturated rings. The number of rotatable bonds is 7. The molecule has 0 saturated heterocycles. The number of hydrogen-bond acceptors (Lipinski definition) is 3. The van der Waals surface area contributed by atoms with Crippen molar-refractivity contribution in [3.8, 4) is 5.75 Å². The molecule has 7 heteroatoms. The number of nitrogens with zero attached hydrogens (tertiary/aromatic N) is 1. The Morgan fingerprint density at radius 3 is 2.31 bits per heavy atom. The molecule has 2 aromatic rings. The summed E-state index contributed by atoms with van der Waals surface area (Å²) < 4.78 is 28.7. The van der Waals surface area contributed by atoms with Crippen LogP contribution in [0.3, 0.4) is 0 Å². The summed E-state index contributed by atoms with van der Waals surface area (Å²) >= 11 is 1.67. The van der Waals surface area contributed by atoms with Crippen LogP contribution in [0.2, 0.25) is 0 Å². The van der Waals surface area contributed by atoms with Crippen molar-refractivity contribution < 1.29 is 18.3 Å². The zero-order valence-corrected chi connectivity index (χ0v) is 15.7. The highest BCUT2D eigenvalue weighted by Gasteiger charge is 2.14. The summed E-state index contributed by atoms with van der Waals surface area (Å²) in [6, 6.07) is 13.8. The lowest BCUT2D eigenvalue weighted by Crippen LogP contribution is -2.38. The number of hydrogen-bond donors (Lipinski definition) is 1. The molecule has 0 bridgehead atoms. The second kappa shape index (κ2) is 9.43. The normalized spacial score (nSPS) is 11.9. The van der Waals surface area contributed by atoms with Gasteiger partial charge in [-0.1, -0.05) is 24.3 Å². The lowest BCUT2D eigenvalue weighted by Gasteiger charge is -2.22. The predicted octanol–water partition coefficient (Wildman–Crippen LogP) is 4.91. The fraction of sp³-hybridized carbons (Fsp3) is 0.316. The van der Waals surface area contributed by atoms with Crippen LogP contribution in [-0.2, 0) is 6.54 Å². The number of alkyl halides is 2. The molecule has 1 atom stereocenters. The molecule has 2 amide bonds. The number of amides is 2. The van der Waals surface area contributed by atoms with Crippen LogP contribution in [0.1, 0.15) is 24.1 Å². The van der Waals surface area contributed by atoms with Crippen LogP contribution in [0.5, 0.6) is 5.75 Å². The molecule has 0 aliphatic rings. The maximum absolute atomic E-state index is 12.4. The van der Waals surface area contributed by atoms with Crippen LogP contribution in [-0.4, -0.2) is 30.8 Å². The van der Waals surface area contributed by atoms with Crippen molar-refractivity contribution in [3.63, 3.8) is 0 Å². The fourth-order valence-electron chi connectivity index (χ4n) is 2.39. The first kappa shape index (κ1) is 20.0. The minimum atomic E-state index is -2.85. The van der Waals surface area contributed by atoms with Gasteiger partial charge in [-0.3, -0.25) is 0 Å². The maximum Gasteiger partial charge on any atom is 0.387 e. The molecule has 26 heavy (non-hydrogen) atoms. The minimum Gasteiger partial charge on any atom is -0.435 e. The van der Waals surface area contributed by atoms with E-state index in [0.717, 1.165) is 11.1 Å². The van der Waals surface area contributed by atoms with Crippen LogP contribution in [0.4, 0.5) is 13.6 Å². The highest BCUT2D eigenvalue weighted by molar-refractivity contribution is 7.98. The van der Waals surface area contributed by atoms with Crippen LogP contribution in [0.25, 0.3) is 0 Å². The molecule has 0 aromatic heterocycles. The van der Waals surface area contributed by atoms with E-state index in [1.165, 1.54) is 17.0 Å². The number of urea groups is 1. The van der Waals surface area contributed by atoms with E-state index in [2.05, 4.69) is 10.1 Å². The fourth-order valence-corrected chi connectivity index (χ4v) is 2.80. The zero-order valence-electron chi connectivity index (χ0n) is 14.9. The van der Waals surface area contributed by atoms with Crippen molar-refractivity contribution in [1.29, 1.82) is 0 Å². The van der Waals surface area contributed by atoms with E-state index in [1.807, 2.05) is 37.4 Å². The standard InChI is InChI=1S/C19H22F2N2O2S/c1-13(15-6-8-16(9-7-15)25-18(20)21)22-19(24)23(2)12-14-4-10-17(26-3)11-5-14/h4-11,13,18H,12H2,1-3H3,(H,22,24). The maximum atomic E-state index is 12.4. The van der Waals surface area contributed by atoms with E-state index in [-0.39, 0.29) is 17.8 Å². The third-order valence-corrected chi connectivity index (χ3v) is 4.61. The summed E-state index contributed by atoms with van der Waals surface area (Å²) in [5.74, 6) is 0.0908. The van der Waals surface area contributed by atoms with Gasteiger partial charge < -0.3 is 15.0 Å². The molecule has 2 aromatic carbocycles. The Bertz CT molecular complexity index is 708. The lowest BCUT2D eigenvalue weighted by molar-refractivity contribution is -0.0498. The monoisotopic (exact) mass is 380 g/mol. The second-order valence-corrected chi connectivity index (χ2v) is 6.70. The first-order chi connectivity index (χ1) is 12.4. The van der Waals surface area contributed by atoms with Crippen LogP contribution in [0, 0.1) is 0 Å². The van der Waals surface area contributed by atoms with Gasteiger partial charge in [-0.05, 0) is 48.6 Å². The molecule has 140 valence electrons. The third-order valence-electron chi connectivity index (χ3n) is 3.87. The van der Waals surface area contributed by atoms with E-state index >= 15 is 0 Å². The van der Waals surface area contributed by atoms with E-state index in [9.17, 15) is 13.6 Å². The number of carbonyl (C=O) groups is 1. The molecule has 0 heterocycles. The van der Waals surface area contributed by atoms with Gasteiger partial charge in [-0.25, -0.2) is 4.79 Å². The molecule has 0 saturated carbocycles. The Kier molecular flexibility index (Phi) is 7.26. The minimum absolute atomic E-state index is 0.0908. The molecule has 0 aliphatic carbocycles. The number of carbonyl (C=O) groups excluding carboxylic acids is 1. The van der Waals surface area contributed by atoms with E-state index in [4.69, 9.17) is 0 Å². The Hall–Kier alpha value is -2.28. The highest BCUT2D eigenvalue weighted by Crippen LogP contribution is 2.20. The van der Waals surface area contributed by atoms with Crippen molar-refractivity contribution in [1.82, 2.24) is 10.2 Å². The smallest absolute Gasteiger partial charge is 0.387 e. The first-order valence-electron chi connectivity index (χ1n) is 8.08. The third kappa shape index (κ3) is 5.91. The van der Waals surface area contributed by atoms with Gasteiger partial charge in [-0.15, -0.1) is 11.8 Å². The largest absolute Gasteiger partial charge is 0.435 e. The van der Waals surface area contributed by atoms with Crippen molar-refractivity contribution in [2.24, 2.45) is 0 Å². The van der Waals surface area contributed by atoms with Gasteiger partial charge in [0.2, 0.25) is 0 Å². The summed E-state index contributed by atoms with van der Waals surface area (Å²) in [5, 5.41) is 2.89. The molecule has 0 spiro atoms. The number of benzene rings is 2. The molecule has 4 nitrogen and oxygen atoms in total. The lowest BCUT2D eigenvalue weighted by atomic mass is 10.1. The van der Waals surface area contributed by atoms with Gasteiger partial charge in [0, 0.05) is 18.5 Å². The molecular weight excluding hydrogens is 358 g/mol. The van der Waals surface area contributed by atoms with Gasteiger partial charge in [0.15, 0.2) is 0 Å². The number of halogens is 2. The Morgan fingerprint density at radius 2 is 1.77 bits per heavy atom. The SMILES string of the molecule is CSc1ccc(CN(C)C(=O)NC(C)c2ccc(OC(F)F)cc2)cc1. The van der Waals surface area contributed by atoms with Crippen LogP contribution >= 0.6 is 11.8 Å². The summed E-state index contributed by atoms with van der Waals surface area (Å²) in [6.07, 6.45) is 2.02. The molecule has 1 unspecified atom stereocenters. The van der Waals surface area contributed by atoms with Gasteiger partial charge in [0.05, 0.1) is 6.04 Å². The highest BCUT2D eigenvalue weighted by atomic mass is 32.2. The summed E-state index contributed by atoms with van der Waals surface area (Å²) in [7, 11) is 1.73. The van der Waals surface area contributed by atoms with Crippen molar-refractivity contribution in [2.45, 2.75) is 31.0 Å². The average Bonchev–Trinajstić information content (AvgIpc) is 2.62. The summed E-state index contributed by atoms with van der Waals surface area (Å²) in [4.78, 5) is 15.1. The van der Waals surface area contributed by atoms with Gasteiger partial charge in [0.25, 0.3) is 0 Å². The van der Waals surface area contributed by atoms with E-state index < -0.39 is 6.61 Å². The predicted molar refractivity (Wildman–Crippen MR) is 99.7 cm³/mol. The number of nitrogens with one attached hydrogen (secondary N) is 1. The van der Waals surface area contributed by atoms with Crippen molar-refractivity contribution in [3.05, 3.63) is 59.7 Å². The topological polar surface area (TPSA) is 41.6 Å². The summed E-state index contributed by atoms with van der Waals surface area (Å²) in [5.41, 5.74) is 1.85. The molecule has 1 N–H and O–H groups in total. The summed E-state index contributed by atoms with van der Waals surface area (Å²) in [6.45, 7) is -0.521. The number of thioether (sulfide) groups is 1. The van der Waals surface area contributed by atoms with E-state index in [0.29, 0.717) is 6.54 Å². The average molecular weight is 380 g/mol. The molecular formula is C19H22F2N2O2S. The van der Waals surface area contributed by atoms with Crippen LogP contribution in [0.15, 0.2) is 53.4 Å². The van der Waals surface area contributed by atoms with Crippen LogP contribution < -0.4 is 10.1 Å². The van der Waals surface area contributed by atoms with Gasteiger partial charge in [-0.2, -0.15) is 8.78 Å². The Morgan fingerprint density at radius 1 is 1.15 bits per heavy atom. The van der Waals surface area contributed by atoms with Crippen molar-refractivity contribution >= 4 is 17.8 Å². The molecule has 2 rings (SSSR count). The Labute approximate surface area is 156 Å². The zero-order chi connectivity index (χ0) is 19.1. The molecule has 0 radical (unpaired) electrons. The van der Waals surface area contributed by atoms with Gasteiger partial charge in [0.1, 0.15) is 5.75 Å². The molecule has 0 aliphatic heterocycles. The second-order valence-electron chi connectivity index (χ2n) is 5.82. The Balaban J connectivity index is 1.90. The van der Waals surface area contributed by atoms with Crippen molar-refractivity contribution in [2.75, 3.05) is 13.3 Å². The van der Waals surface area contributed by atoms with E-state index in [1.54, 1.807) is 35.8 Å². The number of ether oxygens (including phenoxy) is 1. The first-order valence-corrected chi connectivity index (χ1v) is 9.31.